The van der Waals surface area contributed by atoms with E-state index in [1.54, 1.807) is 7.05 Å². The van der Waals surface area contributed by atoms with Crippen molar-refractivity contribution in [2.24, 2.45) is 18.4 Å². The summed E-state index contributed by atoms with van der Waals surface area (Å²) >= 11 is 0. The summed E-state index contributed by atoms with van der Waals surface area (Å²) in [5, 5.41) is 15.1. The summed E-state index contributed by atoms with van der Waals surface area (Å²) in [7, 11) is 1.77. The van der Waals surface area contributed by atoms with E-state index in [1.807, 2.05) is 0 Å². The third-order valence-electron chi connectivity index (χ3n) is 2.76. The molecular formula is C10H21N5. The molecule has 1 heterocycles. The highest BCUT2D eigenvalue weighted by Gasteiger charge is 2.19. The van der Waals surface area contributed by atoms with E-state index in [9.17, 15) is 0 Å². The van der Waals surface area contributed by atoms with Crippen LogP contribution in [0.3, 0.4) is 0 Å². The minimum Gasteiger partial charge on any atom is -0.309 e. The van der Waals surface area contributed by atoms with Gasteiger partial charge in [-0.3, -0.25) is 0 Å². The van der Waals surface area contributed by atoms with E-state index in [1.165, 1.54) is 4.80 Å². The van der Waals surface area contributed by atoms with Gasteiger partial charge in [-0.05, 0) is 23.1 Å². The summed E-state index contributed by atoms with van der Waals surface area (Å²) in [5.74, 6) is 1.37. The van der Waals surface area contributed by atoms with Crippen molar-refractivity contribution in [3.05, 3.63) is 5.82 Å². The molecule has 1 aromatic heterocycles. The predicted octanol–water partition coefficient (Wildman–Crippen LogP) is 0.982. The molecule has 86 valence electrons. The van der Waals surface area contributed by atoms with Gasteiger partial charge in [0, 0.05) is 0 Å². The molecule has 0 saturated heterocycles. The fourth-order valence-corrected chi connectivity index (χ4v) is 1.10. The van der Waals surface area contributed by atoms with E-state index in [0.717, 1.165) is 12.4 Å². The van der Waals surface area contributed by atoms with Gasteiger partial charge in [-0.1, -0.05) is 27.7 Å². The van der Waals surface area contributed by atoms with Crippen LogP contribution in [0.25, 0.3) is 0 Å². The number of aryl methyl sites for hydroxylation is 1. The lowest BCUT2D eigenvalue weighted by atomic mass is 9.82. The molecule has 0 fully saturated rings. The van der Waals surface area contributed by atoms with Crippen molar-refractivity contribution in [1.29, 1.82) is 0 Å². The smallest absolute Gasteiger partial charge is 0.188 e. The highest BCUT2D eigenvalue weighted by molar-refractivity contribution is 4.77. The largest absolute Gasteiger partial charge is 0.309 e. The van der Waals surface area contributed by atoms with Crippen molar-refractivity contribution in [1.82, 2.24) is 25.5 Å². The van der Waals surface area contributed by atoms with Crippen LogP contribution in [-0.2, 0) is 13.6 Å². The van der Waals surface area contributed by atoms with E-state index in [4.69, 9.17) is 0 Å². The fourth-order valence-electron chi connectivity index (χ4n) is 1.10. The average Bonchev–Trinajstić information content (AvgIpc) is 2.49. The molecule has 15 heavy (non-hydrogen) atoms. The van der Waals surface area contributed by atoms with Gasteiger partial charge in [-0.25, -0.2) is 0 Å². The number of rotatable bonds is 4. The second-order valence-electron chi connectivity index (χ2n) is 5.09. The lowest BCUT2D eigenvalue weighted by Gasteiger charge is -2.27. The molecule has 0 saturated carbocycles. The SMILES string of the molecule is CC(CNCc1nnn(C)n1)C(C)(C)C. The quantitative estimate of drug-likeness (QED) is 0.806. The first kappa shape index (κ1) is 12.1. The molecule has 0 aliphatic heterocycles. The van der Waals surface area contributed by atoms with Gasteiger partial charge in [0.2, 0.25) is 0 Å². The van der Waals surface area contributed by atoms with Gasteiger partial charge in [0.25, 0.3) is 0 Å². The Morgan fingerprint density at radius 1 is 1.40 bits per heavy atom. The molecule has 1 aromatic rings. The van der Waals surface area contributed by atoms with E-state index in [-0.39, 0.29) is 0 Å². The lowest BCUT2D eigenvalue weighted by molar-refractivity contribution is 0.252. The van der Waals surface area contributed by atoms with Crippen LogP contribution in [0.4, 0.5) is 0 Å². The maximum Gasteiger partial charge on any atom is 0.188 e. The Balaban J connectivity index is 2.28. The Morgan fingerprint density at radius 2 is 2.07 bits per heavy atom. The van der Waals surface area contributed by atoms with Crippen LogP contribution in [0.2, 0.25) is 0 Å². The van der Waals surface area contributed by atoms with Crippen LogP contribution in [0.5, 0.6) is 0 Å². The third-order valence-corrected chi connectivity index (χ3v) is 2.76. The highest BCUT2D eigenvalue weighted by atomic mass is 15.6. The highest BCUT2D eigenvalue weighted by Crippen LogP contribution is 2.24. The second-order valence-corrected chi connectivity index (χ2v) is 5.09. The average molecular weight is 211 g/mol. The third kappa shape index (κ3) is 3.95. The molecule has 0 spiro atoms. The Bertz CT molecular complexity index is 299. The molecule has 0 amide bonds. The molecule has 0 bridgehead atoms. The zero-order valence-corrected chi connectivity index (χ0v) is 10.3. The van der Waals surface area contributed by atoms with Crippen LogP contribution >= 0.6 is 0 Å². The second kappa shape index (κ2) is 4.70. The zero-order chi connectivity index (χ0) is 11.5. The Labute approximate surface area is 91.2 Å². The molecule has 0 radical (unpaired) electrons. The molecule has 1 atom stereocenters. The van der Waals surface area contributed by atoms with Crippen LogP contribution in [0.1, 0.15) is 33.5 Å². The maximum absolute atomic E-state index is 4.10. The molecule has 5 heteroatoms. The van der Waals surface area contributed by atoms with Gasteiger partial charge < -0.3 is 5.32 Å². The first-order chi connectivity index (χ1) is 6.89. The summed E-state index contributed by atoms with van der Waals surface area (Å²) in [6.07, 6.45) is 0. The molecule has 0 aliphatic rings. The number of aromatic nitrogens is 4. The number of nitrogens with one attached hydrogen (secondary N) is 1. The van der Waals surface area contributed by atoms with Gasteiger partial charge in [0.1, 0.15) is 0 Å². The van der Waals surface area contributed by atoms with Crippen molar-refractivity contribution in [2.45, 2.75) is 34.2 Å². The van der Waals surface area contributed by atoms with E-state index < -0.39 is 0 Å². The van der Waals surface area contributed by atoms with Crippen LogP contribution in [0.15, 0.2) is 0 Å². The maximum atomic E-state index is 4.10. The molecule has 0 aliphatic carbocycles. The molecular weight excluding hydrogens is 190 g/mol. The summed E-state index contributed by atoms with van der Waals surface area (Å²) in [5.41, 5.74) is 0.336. The van der Waals surface area contributed by atoms with Crippen LogP contribution in [0, 0.1) is 11.3 Å². The van der Waals surface area contributed by atoms with Crippen molar-refractivity contribution >= 4 is 0 Å². The molecule has 0 aromatic carbocycles. The normalized spacial score (nSPS) is 14.2. The molecule has 1 rings (SSSR count). The number of hydrogen-bond acceptors (Lipinski definition) is 4. The van der Waals surface area contributed by atoms with E-state index in [2.05, 4.69) is 48.4 Å². The van der Waals surface area contributed by atoms with Crippen molar-refractivity contribution in [3.63, 3.8) is 0 Å². The van der Waals surface area contributed by atoms with E-state index >= 15 is 0 Å². The van der Waals surface area contributed by atoms with Crippen molar-refractivity contribution in [3.8, 4) is 0 Å². The summed E-state index contributed by atoms with van der Waals surface area (Å²) in [6.45, 7) is 10.7. The van der Waals surface area contributed by atoms with Crippen LogP contribution in [-0.4, -0.2) is 26.8 Å². The first-order valence-electron chi connectivity index (χ1n) is 5.33. The van der Waals surface area contributed by atoms with Gasteiger partial charge in [-0.15, -0.1) is 10.2 Å². The van der Waals surface area contributed by atoms with Gasteiger partial charge in [0.05, 0.1) is 13.6 Å². The number of nitrogens with zero attached hydrogens (tertiary/aromatic N) is 4. The standard InChI is InChI=1S/C10H21N5/c1-8(10(2,3)4)6-11-7-9-12-14-15(5)13-9/h8,11H,6-7H2,1-5H3. The lowest BCUT2D eigenvalue weighted by Crippen LogP contribution is -2.29. The zero-order valence-electron chi connectivity index (χ0n) is 10.3. The van der Waals surface area contributed by atoms with Crippen molar-refractivity contribution < 1.29 is 0 Å². The van der Waals surface area contributed by atoms with Crippen molar-refractivity contribution in [2.75, 3.05) is 6.54 Å². The summed E-state index contributed by atoms with van der Waals surface area (Å²) in [4.78, 5) is 1.48. The van der Waals surface area contributed by atoms with Crippen LogP contribution < -0.4 is 5.32 Å². The Morgan fingerprint density at radius 3 is 2.53 bits per heavy atom. The fraction of sp³-hybridized carbons (Fsp3) is 0.900. The molecule has 5 nitrogen and oxygen atoms in total. The summed E-state index contributed by atoms with van der Waals surface area (Å²) in [6, 6.07) is 0. The first-order valence-corrected chi connectivity index (χ1v) is 5.33. The monoisotopic (exact) mass is 211 g/mol. The van der Waals surface area contributed by atoms with Gasteiger partial charge in [-0.2, -0.15) is 4.80 Å². The van der Waals surface area contributed by atoms with Gasteiger partial charge >= 0.3 is 0 Å². The van der Waals surface area contributed by atoms with E-state index in [0.29, 0.717) is 17.9 Å². The minimum absolute atomic E-state index is 0.336. The molecule has 1 unspecified atom stereocenters. The van der Waals surface area contributed by atoms with Gasteiger partial charge in [0.15, 0.2) is 5.82 Å². The number of tetrazole rings is 1. The Hall–Kier alpha value is -0.970. The molecule has 1 N–H and O–H groups in total. The predicted molar refractivity (Wildman–Crippen MR) is 59.1 cm³/mol. The number of hydrogen-bond donors (Lipinski definition) is 1. The summed E-state index contributed by atoms with van der Waals surface area (Å²) < 4.78 is 0. The topological polar surface area (TPSA) is 55.6 Å². The minimum atomic E-state index is 0.336. The Kier molecular flexibility index (Phi) is 3.79.